The quantitative estimate of drug-likeness (QED) is 0.289. The van der Waals surface area contributed by atoms with Gasteiger partial charge < -0.3 is 23.5 Å². The second-order valence-corrected chi connectivity index (χ2v) is 7.88. The Bertz CT molecular complexity index is 1230. The van der Waals surface area contributed by atoms with E-state index in [1.807, 2.05) is 24.3 Å². The van der Waals surface area contributed by atoms with Crippen molar-refractivity contribution in [2.75, 3.05) is 20.8 Å². The first kappa shape index (κ1) is 23.9. The van der Waals surface area contributed by atoms with Gasteiger partial charge >= 0.3 is 5.91 Å². The zero-order chi connectivity index (χ0) is 24.8. The summed E-state index contributed by atoms with van der Waals surface area (Å²) in [6.07, 6.45) is 4.09. The van der Waals surface area contributed by atoms with Gasteiger partial charge in [0.25, 0.3) is 0 Å². The molecule has 0 spiro atoms. The van der Waals surface area contributed by atoms with Crippen LogP contribution >= 0.6 is 0 Å². The Morgan fingerprint density at radius 2 is 1.77 bits per heavy atom. The minimum atomic E-state index is -0.726. The van der Waals surface area contributed by atoms with Gasteiger partial charge in [0.05, 0.1) is 14.2 Å². The van der Waals surface area contributed by atoms with Crippen molar-refractivity contribution in [3.05, 3.63) is 82.8 Å². The van der Waals surface area contributed by atoms with Crippen LogP contribution in [0.25, 0.3) is 6.08 Å². The van der Waals surface area contributed by atoms with Crippen LogP contribution in [0.5, 0.6) is 17.2 Å². The number of furan rings is 1. The Balaban J connectivity index is 1.32. The molecule has 0 saturated carbocycles. The van der Waals surface area contributed by atoms with E-state index in [0.29, 0.717) is 36.1 Å². The van der Waals surface area contributed by atoms with Crippen LogP contribution in [0, 0.1) is 0 Å². The van der Waals surface area contributed by atoms with E-state index in [-0.39, 0.29) is 18.3 Å². The average molecular weight is 479 g/mol. The summed E-state index contributed by atoms with van der Waals surface area (Å²) in [5.41, 5.74) is 4.58. The van der Waals surface area contributed by atoms with E-state index < -0.39 is 5.91 Å². The molecule has 1 aliphatic heterocycles. The van der Waals surface area contributed by atoms with E-state index in [0.717, 1.165) is 23.1 Å². The lowest BCUT2D eigenvalue weighted by Crippen LogP contribution is -2.34. The van der Waals surface area contributed by atoms with Crippen molar-refractivity contribution in [3.63, 3.8) is 0 Å². The zero-order valence-corrected chi connectivity index (χ0v) is 19.4. The van der Waals surface area contributed by atoms with E-state index in [1.165, 1.54) is 11.5 Å². The van der Waals surface area contributed by atoms with Crippen molar-refractivity contribution < 1.29 is 33.4 Å². The van der Waals surface area contributed by atoms with Gasteiger partial charge in [-0.15, -0.1) is 0 Å². The van der Waals surface area contributed by atoms with E-state index in [1.54, 1.807) is 49.5 Å². The Labute approximate surface area is 202 Å². The molecule has 0 fully saturated rings. The lowest BCUT2D eigenvalue weighted by molar-refractivity contribution is -0.126. The Hall–Kier alpha value is -4.24. The number of rotatable bonds is 8. The highest BCUT2D eigenvalue weighted by Gasteiger charge is 2.21. The summed E-state index contributed by atoms with van der Waals surface area (Å²) in [6.45, 7) is 1.27. The number of carbonyl (C=O) groups excluding carboxylic acids is 2. The van der Waals surface area contributed by atoms with Crippen molar-refractivity contribution in [1.82, 2.24) is 10.4 Å². The number of methoxy groups -OCH3 is 2. The van der Waals surface area contributed by atoms with E-state index in [4.69, 9.17) is 23.8 Å². The molecule has 0 radical (unpaired) electrons. The Morgan fingerprint density at radius 1 is 1.06 bits per heavy atom. The Kier molecular flexibility index (Phi) is 7.37. The summed E-state index contributed by atoms with van der Waals surface area (Å²) in [6, 6.07) is 14.2. The number of hydroxylamine groups is 1. The van der Waals surface area contributed by atoms with Gasteiger partial charge in [0.15, 0.2) is 17.3 Å². The molecule has 0 unspecified atom stereocenters. The van der Waals surface area contributed by atoms with E-state index in [2.05, 4.69) is 0 Å². The fourth-order valence-electron chi connectivity index (χ4n) is 3.81. The minimum absolute atomic E-state index is 0.00712. The van der Waals surface area contributed by atoms with Crippen molar-refractivity contribution in [2.24, 2.45) is 0 Å². The molecule has 1 aliphatic rings. The molecule has 9 nitrogen and oxygen atoms in total. The molecule has 3 aromatic rings. The molecule has 2 amide bonds. The Morgan fingerprint density at radius 3 is 2.46 bits per heavy atom. The number of fused-ring (bicyclic) bond motifs is 1. The molecule has 2 aromatic carbocycles. The average Bonchev–Trinajstić information content (AvgIpc) is 3.38. The third-order valence-electron chi connectivity index (χ3n) is 5.70. The molecule has 4 rings (SSSR count). The lowest BCUT2D eigenvalue weighted by atomic mass is 9.98. The van der Waals surface area contributed by atoms with E-state index in [9.17, 15) is 9.59 Å². The van der Waals surface area contributed by atoms with Crippen LogP contribution in [0.4, 0.5) is 0 Å². The number of benzene rings is 2. The fraction of sp³-hybridized carbons (Fsp3) is 0.231. The van der Waals surface area contributed by atoms with Gasteiger partial charge in [0, 0.05) is 19.2 Å². The van der Waals surface area contributed by atoms with Crippen LogP contribution < -0.4 is 19.7 Å². The van der Waals surface area contributed by atoms with Gasteiger partial charge in [-0.1, -0.05) is 12.1 Å². The molecule has 0 bridgehead atoms. The summed E-state index contributed by atoms with van der Waals surface area (Å²) in [5, 5.41) is 8.63. The molecule has 35 heavy (non-hydrogen) atoms. The molecular formula is C26H26N2O7. The number of hydrogen-bond donors (Lipinski definition) is 2. The number of amides is 2. The zero-order valence-electron chi connectivity index (χ0n) is 19.4. The van der Waals surface area contributed by atoms with Gasteiger partial charge in [-0.25, -0.2) is 5.48 Å². The van der Waals surface area contributed by atoms with Crippen LogP contribution in [-0.2, 0) is 24.4 Å². The minimum Gasteiger partial charge on any atom is -0.493 e. The van der Waals surface area contributed by atoms with Gasteiger partial charge in [-0.2, -0.15) is 0 Å². The van der Waals surface area contributed by atoms with Gasteiger partial charge in [0.2, 0.25) is 5.91 Å². The summed E-state index contributed by atoms with van der Waals surface area (Å²) >= 11 is 0. The predicted molar refractivity (Wildman–Crippen MR) is 126 cm³/mol. The number of hydrogen-bond acceptors (Lipinski definition) is 7. The summed E-state index contributed by atoms with van der Waals surface area (Å²) in [4.78, 5) is 25.9. The molecule has 0 saturated heterocycles. The SMILES string of the molecule is COc1cc2c(cc1OC)CN(C(=O)C=Cc1ccc(OCc3ccc(C(=O)NO)o3)cc1)CC2. The maximum absolute atomic E-state index is 12.8. The van der Waals surface area contributed by atoms with Crippen molar-refractivity contribution in [1.29, 1.82) is 0 Å². The van der Waals surface area contributed by atoms with Crippen LogP contribution in [0.1, 0.15) is 33.0 Å². The number of nitrogens with zero attached hydrogens (tertiary/aromatic N) is 1. The molecular weight excluding hydrogens is 452 g/mol. The normalized spacial score (nSPS) is 12.8. The second kappa shape index (κ2) is 10.8. The summed E-state index contributed by atoms with van der Waals surface area (Å²) in [5.74, 6) is 1.60. The standard InChI is InChI=1S/C26H26N2O7/c1-32-23-13-18-11-12-28(15-19(18)14-24(23)33-2)25(29)10-5-17-3-6-20(7-4-17)34-16-21-8-9-22(35-21)26(30)27-31/h3-10,13-14,31H,11-12,15-16H2,1-2H3,(H,27,30). The topological polar surface area (TPSA) is 110 Å². The summed E-state index contributed by atoms with van der Waals surface area (Å²) in [7, 11) is 3.21. The lowest BCUT2D eigenvalue weighted by Gasteiger charge is -2.28. The number of ether oxygens (including phenoxy) is 3. The third kappa shape index (κ3) is 5.64. The number of nitrogens with one attached hydrogen (secondary N) is 1. The van der Waals surface area contributed by atoms with Crippen molar-refractivity contribution in [3.8, 4) is 17.2 Å². The fourth-order valence-corrected chi connectivity index (χ4v) is 3.81. The first-order chi connectivity index (χ1) is 17.0. The molecule has 2 N–H and O–H groups in total. The first-order valence-corrected chi connectivity index (χ1v) is 11.0. The maximum Gasteiger partial charge on any atom is 0.310 e. The number of carbonyl (C=O) groups is 2. The molecule has 0 aliphatic carbocycles. The first-order valence-electron chi connectivity index (χ1n) is 11.0. The highest BCUT2D eigenvalue weighted by atomic mass is 16.5. The molecule has 2 heterocycles. The van der Waals surface area contributed by atoms with Gasteiger partial charge in [0.1, 0.15) is 18.1 Å². The maximum atomic E-state index is 12.8. The molecule has 0 atom stereocenters. The van der Waals surface area contributed by atoms with Gasteiger partial charge in [-0.05, 0) is 65.6 Å². The largest absolute Gasteiger partial charge is 0.493 e. The van der Waals surface area contributed by atoms with Crippen LogP contribution in [0.3, 0.4) is 0 Å². The second-order valence-electron chi connectivity index (χ2n) is 7.88. The van der Waals surface area contributed by atoms with Crippen LogP contribution in [-0.4, -0.2) is 42.7 Å². The van der Waals surface area contributed by atoms with Crippen molar-refractivity contribution in [2.45, 2.75) is 19.6 Å². The van der Waals surface area contributed by atoms with Gasteiger partial charge in [-0.3, -0.25) is 14.8 Å². The van der Waals surface area contributed by atoms with Crippen LogP contribution in [0.2, 0.25) is 0 Å². The third-order valence-corrected chi connectivity index (χ3v) is 5.70. The van der Waals surface area contributed by atoms with Crippen molar-refractivity contribution >= 4 is 17.9 Å². The molecule has 182 valence electrons. The smallest absolute Gasteiger partial charge is 0.310 e. The monoisotopic (exact) mass is 478 g/mol. The van der Waals surface area contributed by atoms with E-state index >= 15 is 0 Å². The molecule has 9 heteroatoms. The molecule has 1 aromatic heterocycles. The summed E-state index contributed by atoms with van der Waals surface area (Å²) < 4.78 is 21.7. The predicted octanol–water partition coefficient (Wildman–Crippen LogP) is 3.59. The van der Waals surface area contributed by atoms with Crippen LogP contribution in [0.15, 0.2) is 59.0 Å². The highest BCUT2D eigenvalue weighted by Crippen LogP contribution is 2.33. The highest BCUT2D eigenvalue weighted by molar-refractivity contribution is 5.92.